The lowest BCUT2D eigenvalue weighted by Gasteiger charge is -2.28. The number of phenolic OH excluding ortho intramolecular Hbond substituents is 1. The highest BCUT2D eigenvalue weighted by molar-refractivity contribution is 5.35. The van der Waals surface area contributed by atoms with E-state index in [0.717, 1.165) is 31.6 Å². The standard InChI is InChI=1S/C17H19NO/c1-13-10-14(6-7-17(13)19)11-18-9-8-15-4-2-3-5-16(15)12-18/h2-7,10,19H,8-9,11-12H2,1H3. The highest BCUT2D eigenvalue weighted by Crippen LogP contribution is 2.22. The van der Waals surface area contributed by atoms with Gasteiger partial charge in [-0.2, -0.15) is 0 Å². The fourth-order valence-electron chi connectivity index (χ4n) is 2.76. The molecule has 2 heteroatoms. The van der Waals surface area contributed by atoms with Crippen LogP contribution in [0.4, 0.5) is 0 Å². The van der Waals surface area contributed by atoms with Gasteiger partial charge in [-0.15, -0.1) is 0 Å². The third kappa shape index (κ3) is 2.64. The third-order valence-corrected chi connectivity index (χ3v) is 3.88. The van der Waals surface area contributed by atoms with Gasteiger partial charge in [0.15, 0.2) is 0 Å². The Morgan fingerprint density at radius 1 is 1.11 bits per heavy atom. The maximum atomic E-state index is 9.57. The van der Waals surface area contributed by atoms with Gasteiger partial charge in [0.2, 0.25) is 0 Å². The molecule has 0 saturated heterocycles. The predicted octanol–water partition coefficient (Wildman–Crippen LogP) is 3.26. The molecular weight excluding hydrogens is 234 g/mol. The van der Waals surface area contributed by atoms with Crippen LogP contribution in [-0.4, -0.2) is 16.6 Å². The molecule has 2 aromatic carbocycles. The molecule has 0 radical (unpaired) electrons. The molecule has 2 nitrogen and oxygen atoms in total. The van der Waals surface area contributed by atoms with Gasteiger partial charge in [0, 0.05) is 19.6 Å². The van der Waals surface area contributed by atoms with Crippen LogP contribution in [0.2, 0.25) is 0 Å². The molecule has 0 spiro atoms. The number of fused-ring (bicyclic) bond motifs is 1. The molecule has 0 saturated carbocycles. The molecule has 0 unspecified atom stereocenters. The molecule has 2 aromatic rings. The molecule has 1 N–H and O–H groups in total. The van der Waals surface area contributed by atoms with Gasteiger partial charge in [-0.3, -0.25) is 4.90 Å². The lowest BCUT2D eigenvalue weighted by Crippen LogP contribution is -2.29. The molecule has 1 heterocycles. The zero-order chi connectivity index (χ0) is 13.2. The Morgan fingerprint density at radius 3 is 2.68 bits per heavy atom. The lowest BCUT2D eigenvalue weighted by molar-refractivity contribution is 0.245. The average Bonchev–Trinajstić information content (AvgIpc) is 2.43. The van der Waals surface area contributed by atoms with Gasteiger partial charge in [-0.1, -0.05) is 36.4 Å². The maximum absolute atomic E-state index is 9.57. The molecule has 0 atom stereocenters. The van der Waals surface area contributed by atoms with Crippen molar-refractivity contribution < 1.29 is 5.11 Å². The number of nitrogens with zero attached hydrogens (tertiary/aromatic N) is 1. The van der Waals surface area contributed by atoms with Crippen molar-refractivity contribution in [2.24, 2.45) is 0 Å². The minimum atomic E-state index is 0.382. The molecule has 1 aliphatic heterocycles. The van der Waals surface area contributed by atoms with Crippen LogP contribution < -0.4 is 0 Å². The summed E-state index contributed by atoms with van der Waals surface area (Å²) in [5.41, 5.74) is 5.16. The molecule has 0 amide bonds. The molecule has 0 fully saturated rings. The minimum absolute atomic E-state index is 0.382. The van der Waals surface area contributed by atoms with Crippen LogP contribution in [-0.2, 0) is 19.5 Å². The summed E-state index contributed by atoms with van der Waals surface area (Å²) in [6.45, 7) is 5.03. The monoisotopic (exact) mass is 253 g/mol. The Bertz CT molecular complexity index is 592. The first-order valence-corrected chi connectivity index (χ1v) is 6.80. The largest absolute Gasteiger partial charge is 0.508 e. The van der Waals surface area contributed by atoms with E-state index in [-0.39, 0.29) is 0 Å². The highest BCUT2D eigenvalue weighted by atomic mass is 16.3. The number of benzene rings is 2. The average molecular weight is 253 g/mol. The van der Waals surface area contributed by atoms with Gasteiger partial charge in [0.1, 0.15) is 5.75 Å². The zero-order valence-electron chi connectivity index (χ0n) is 11.3. The molecule has 98 valence electrons. The zero-order valence-corrected chi connectivity index (χ0v) is 11.3. The van der Waals surface area contributed by atoms with E-state index in [1.165, 1.54) is 16.7 Å². The Balaban J connectivity index is 1.73. The fraction of sp³-hybridized carbons (Fsp3) is 0.294. The Morgan fingerprint density at radius 2 is 1.89 bits per heavy atom. The third-order valence-electron chi connectivity index (χ3n) is 3.88. The SMILES string of the molecule is Cc1cc(CN2CCc3ccccc3C2)ccc1O. The van der Waals surface area contributed by atoms with E-state index in [1.54, 1.807) is 6.07 Å². The van der Waals surface area contributed by atoms with Gasteiger partial charge < -0.3 is 5.11 Å². The van der Waals surface area contributed by atoms with Crippen LogP contribution in [0.1, 0.15) is 22.3 Å². The lowest BCUT2D eigenvalue weighted by atomic mass is 9.99. The fourth-order valence-corrected chi connectivity index (χ4v) is 2.76. The first kappa shape index (κ1) is 12.2. The van der Waals surface area contributed by atoms with Crippen LogP contribution in [0.5, 0.6) is 5.75 Å². The Hall–Kier alpha value is -1.80. The number of aryl methyl sites for hydroxylation is 1. The van der Waals surface area contributed by atoms with Crippen molar-refractivity contribution in [3.05, 3.63) is 64.7 Å². The van der Waals surface area contributed by atoms with Crippen molar-refractivity contribution in [1.82, 2.24) is 4.90 Å². The van der Waals surface area contributed by atoms with E-state index in [1.807, 2.05) is 13.0 Å². The van der Waals surface area contributed by atoms with Crippen molar-refractivity contribution >= 4 is 0 Å². The van der Waals surface area contributed by atoms with Crippen molar-refractivity contribution in [1.29, 1.82) is 0 Å². The second kappa shape index (κ2) is 5.06. The quantitative estimate of drug-likeness (QED) is 0.888. The number of aromatic hydroxyl groups is 1. The van der Waals surface area contributed by atoms with Crippen molar-refractivity contribution in [2.45, 2.75) is 26.4 Å². The number of hydrogen-bond donors (Lipinski definition) is 1. The molecule has 0 aliphatic carbocycles. The smallest absolute Gasteiger partial charge is 0.118 e. The van der Waals surface area contributed by atoms with E-state index in [4.69, 9.17) is 0 Å². The summed E-state index contributed by atoms with van der Waals surface area (Å²) >= 11 is 0. The van der Waals surface area contributed by atoms with Crippen LogP contribution in [0, 0.1) is 6.92 Å². The normalized spacial score (nSPS) is 15.2. The molecule has 0 aromatic heterocycles. The Labute approximate surface area is 114 Å². The van der Waals surface area contributed by atoms with Crippen LogP contribution in [0.25, 0.3) is 0 Å². The minimum Gasteiger partial charge on any atom is -0.508 e. The summed E-state index contributed by atoms with van der Waals surface area (Å²) in [4.78, 5) is 2.47. The predicted molar refractivity (Wildman–Crippen MR) is 77.1 cm³/mol. The van der Waals surface area contributed by atoms with Crippen LogP contribution >= 0.6 is 0 Å². The summed E-state index contributed by atoms with van der Waals surface area (Å²) in [6.07, 6.45) is 1.13. The van der Waals surface area contributed by atoms with Crippen molar-refractivity contribution in [3.63, 3.8) is 0 Å². The van der Waals surface area contributed by atoms with E-state index in [9.17, 15) is 5.11 Å². The number of phenols is 1. The van der Waals surface area contributed by atoms with E-state index in [2.05, 4.69) is 35.2 Å². The van der Waals surface area contributed by atoms with Gasteiger partial charge in [0.25, 0.3) is 0 Å². The van der Waals surface area contributed by atoms with E-state index in [0.29, 0.717) is 5.75 Å². The maximum Gasteiger partial charge on any atom is 0.118 e. The number of hydrogen-bond acceptors (Lipinski definition) is 2. The second-order valence-electron chi connectivity index (χ2n) is 5.35. The highest BCUT2D eigenvalue weighted by Gasteiger charge is 2.15. The first-order valence-electron chi connectivity index (χ1n) is 6.80. The summed E-state index contributed by atoms with van der Waals surface area (Å²) < 4.78 is 0. The van der Waals surface area contributed by atoms with Gasteiger partial charge in [-0.05, 0) is 41.7 Å². The summed E-state index contributed by atoms with van der Waals surface area (Å²) in [5.74, 6) is 0.382. The molecule has 19 heavy (non-hydrogen) atoms. The summed E-state index contributed by atoms with van der Waals surface area (Å²) in [6, 6.07) is 14.6. The summed E-state index contributed by atoms with van der Waals surface area (Å²) in [5, 5.41) is 9.57. The van der Waals surface area contributed by atoms with Crippen molar-refractivity contribution in [2.75, 3.05) is 6.54 Å². The van der Waals surface area contributed by atoms with Gasteiger partial charge in [-0.25, -0.2) is 0 Å². The molecule has 1 aliphatic rings. The summed E-state index contributed by atoms with van der Waals surface area (Å²) in [7, 11) is 0. The van der Waals surface area contributed by atoms with Gasteiger partial charge in [0.05, 0.1) is 0 Å². The molecule has 3 rings (SSSR count). The Kier molecular flexibility index (Phi) is 3.26. The van der Waals surface area contributed by atoms with Crippen LogP contribution in [0.3, 0.4) is 0 Å². The van der Waals surface area contributed by atoms with Gasteiger partial charge >= 0.3 is 0 Å². The topological polar surface area (TPSA) is 23.5 Å². The second-order valence-corrected chi connectivity index (χ2v) is 5.35. The van der Waals surface area contributed by atoms with Crippen LogP contribution in [0.15, 0.2) is 42.5 Å². The van der Waals surface area contributed by atoms with Crippen molar-refractivity contribution in [3.8, 4) is 5.75 Å². The molecular formula is C17H19NO. The number of rotatable bonds is 2. The van der Waals surface area contributed by atoms with E-state index >= 15 is 0 Å². The van der Waals surface area contributed by atoms with E-state index < -0.39 is 0 Å². The molecule has 0 bridgehead atoms. The first-order chi connectivity index (χ1) is 9.22.